The Bertz CT molecular complexity index is 1560. The number of hydrogen-bond acceptors (Lipinski definition) is 9. The van der Waals surface area contributed by atoms with E-state index in [0.29, 0.717) is 17.2 Å². The summed E-state index contributed by atoms with van der Waals surface area (Å²) in [4.78, 5) is 33.6. The summed E-state index contributed by atoms with van der Waals surface area (Å²) in [6.07, 6.45) is 0. The Morgan fingerprint density at radius 1 is 0.382 bits per heavy atom. The van der Waals surface area contributed by atoms with Gasteiger partial charge in [-0.15, -0.1) is 0 Å². The molecule has 0 spiro atoms. The van der Waals surface area contributed by atoms with E-state index in [4.69, 9.17) is 14.2 Å². The van der Waals surface area contributed by atoms with Gasteiger partial charge in [-0.2, -0.15) is 0 Å². The molecule has 0 saturated carbocycles. The smallest absolute Gasteiger partial charge is 0.545 e. The Labute approximate surface area is 340 Å². The molecule has 0 saturated heterocycles. The second kappa shape index (κ2) is 18.8. The van der Waals surface area contributed by atoms with Crippen LogP contribution >= 0.6 is 0 Å². The van der Waals surface area contributed by atoms with E-state index in [2.05, 4.69) is 0 Å². The van der Waals surface area contributed by atoms with Crippen LogP contribution in [0.15, 0.2) is 54.6 Å². The van der Waals surface area contributed by atoms with Crippen molar-refractivity contribution in [1.82, 2.24) is 0 Å². The van der Waals surface area contributed by atoms with Crippen LogP contribution in [0.3, 0.4) is 0 Å². The fourth-order valence-corrected chi connectivity index (χ4v) is 5.11. The van der Waals surface area contributed by atoms with Crippen LogP contribution in [-0.2, 0) is 33.6 Å². The van der Waals surface area contributed by atoms with Crippen molar-refractivity contribution in [1.29, 1.82) is 0 Å². The second-order valence-electron chi connectivity index (χ2n) is 19.3. The van der Waals surface area contributed by atoms with Gasteiger partial charge in [-0.05, 0) is 96.8 Å². The van der Waals surface area contributed by atoms with Gasteiger partial charge in [-0.3, -0.25) is 0 Å². The minimum absolute atomic E-state index is 0. The number of ether oxygens (including phenoxy) is 3. The number of carbonyl (C=O) groups is 3. The van der Waals surface area contributed by atoms with E-state index in [1.54, 1.807) is 18.2 Å². The maximum Gasteiger partial charge on any atom is 3.00 e. The number of carbonyl (C=O) groups excluding carboxylic acids is 3. The van der Waals surface area contributed by atoms with E-state index in [0.717, 1.165) is 16.7 Å². The minimum atomic E-state index is -1.21. The summed E-state index contributed by atoms with van der Waals surface area (Å²) in [6.45, 7) is 35.3. The molecule has 3 aromatic carbocycles. The van der Waals surface area contributed by atoms with E-state index >= 15 is 0 Å². The first kappa shape index (κ1) is 51.0. The van der Waals surface area contributed by atoms with Crippen molar-refractivity contribution in [2.24, 2.45) is 0 Å². The van der Waals surface area contributed by atoms with Gasteiger partial charge < -0.3 is 43.9 Å². The van der Waals surface area contributed by atoms with Gasteiger partial charge in [0.2, 0.25) is 0 Å². The quantitative estimate of drug-likeness (QED) is 0.246. The first-order valence-electron chi connectivity index (χ1n) is 18.2. The second-order valence-corrected chi connectivity index (χ2v) is 19.3. The third-order valence-corrected chi connectivity index (χ3v) is 7.35. The molecule has 3 aromatic rings. The van der Waals surface area contributed by atoms with Gasteiger partial charge in [0, 0.05) is 33.4 Å². The number of aromatic carboxylic acids is 3. The van der Waals surface area contributed by atoms with Crippen molar-refractivity contribution in [3.8, 4) is 17.2 Å². The van der Waals surface area contributed by atoms with Gasteiger partial charge >= 0.3 is 17.4 Å². The average molecular weight is 800 g/mol. The predicted octanol–water partition coefficient (Wildman–Crippen LogP) is 7.57. The SMILES string of the molecule is CC(C)(C)Oc1c(C(=O)[O-])cccc1C(C)(C)C.CC(C)(C)Oc1c(C(=O)[O-])cccc1C(C)(C)C.CC(C)(C)Oc1c(C(=O)[O-])cccc1C(C)(C)C.[Cr+3]. The van der Waals surface area contributed by atoms with Crippen LogP contribution in [0.2, 0.25) is 0 Å². The largest absolute Gasteiger partial charge is 3.00 e. The molecule has 0 N–H and O–H groups in total. The number of hydrogen-bond donors (Lipinski definition) is 0. The topological polar surface area (TPSA) is 148 Å². The minimum Gasteiger partial charge on any atom is -0.545 e. The summed E-state index contributed by atoms with van der Waals surface area (Å²) in [7, 11) is 0. The average Bonchev–Trinajstić information content (AvgIpc) is 2.93. The van der Waals surface area contributed by atoms with Crippen molar-refractivity contribution in [2.45, 2.75) is 158 Å². The van der Waals surface area contributed by atoms with Crippen molar-refractivity contribution < 1.29 is 61.3 Å². The fraction of sp³-hybridized carbons (Fsp3) is 0.533. The molecule has 1 radical (unpaired) electrons. The Hall–Kier alpha value is -4.00. The van der Waals surface area contributed by atoms with Crippen molar-refractivity contribution in [2.75, 3.05) is 0 Å². The van der Waals surface area contributed by atoms with Crippen LogP contribution in [0.25, 0.3) is 0 Å². The van der Waals surface area contributed by atoms with E-state index < -0.39 is 34.7 Å². The molecule has 9 nitrogen and oxygen atoms in total. The zero-order chi connectivity index (χ0) is 42.4. The molecule has 0 atom stereocenters. The standard InChI is InChI=1S/3C15H22O3.Cr/c3*1-14(2,3)11-9-7-8-10(13(16)17)12(11)18-15(4,5)6;/h3*7-9H,1-6H3,(H,16,17);/q;;;+3/p-3. The molecule has 0 bridgehead atoms. The summed E-state index contributed by atoms with van der Waals surface area (Å²) in [5.74, 6) is -2.38. The van der Waals surface area contributed by atoms with Crippen LogP contribution in [0, 0.1) is 0 Å². The molecular formula is C45H63CrO9. The third-order valence-electron chi connectivity index (χ3n) is 7.35. The van der Waals surface area contributed by atoms with E-state index in [1.807, 2.05) is 143 Å². The third kappa shape index (κ3) is 16.7. The molecule has 10 heteroatoms. The van der Waals surface area contributed by atoms with Crippen LogP contribution < -0.4 is 29.5 Å². The molecule has 0 aliphatic rings. The molecule has 3 rings (SSSR count). The number of para-hydroxylation sites is 3. The van der Waals surface area contributed by atoms with Gasteiger partial charge in [-0.1, -0.05) is 98.7 Å². The maximum absolute atomic E-state index is 11.2. The maximum atomic E-state index is 11.2. The molecule has 0 aromatic heterocycles. The van der Waals surface area contributed by atoms with Crippen LogP contribution in [-0.4, -0.2) is 34.7 Å². The van der Waals surface area contributed by atoms with Crippen molar-refractivity contribution in [3.05, 3.63) is 88.0 Å². The molecule has 0 unspecified atom stereocenters. The fourth-order valence-electron chi connectivity index (χ4n) is 5.11. The van der Waals surface area contributed by atoms with E-state index in [1.165, 1.54) is 18.2 Å². The van der Waals surface area contributed by atoms with Gasteiger partial charge in [-0.25, -0.2) is 0 Å². The summed E-state index contributed by atoms with van der Waals surface area (Å²) < 4.78 is 17.5. The van der Waals surface area contributed by atoms with Gasteiger partial charge in [0.1, 0.15) is 34.1 Å². The number of benzene rings is 3. The molecular weight excluding hydrogens is 736 g/mol. The van der Waals surface area contributed by atoms with Crippen LogP contribution in [0.5, 0.6) is 17.2 Å². The predicted molar refractivity (Wildman–Crippen MR) is 210 cm³/mol. The zero-order valence-electron chi connectivity index (χ0n) is 36.3. The van der Waals surface area contributed by atoms with Crippen molar-refractivity contribution in [3.63, 3.8) is 0 Å². The molecule has 0 heterocycles. The molecule has 0 aliphatic carbocycles. The summed E-state index contributed by atoms with van der Waals surface area (Å²) >= 11 is 0. The number of carboxylic acid groups (broad SMARTS) is 3. The zero-order valence-corrected chi connectivity index (χ0v) is 37.6. The van der Waals surface area contributed by atoms with Gasteiger partial charge in [0.15, 0.2) is 0 Å². The summed E-state index contributed by atoms with van der Waals surface area (Å²) in [6, 6.07) is 15.4. The van der Waals surface area contributed by atoms with Gasteiger partial charge in [0.05, 0.1) is 17.9 Å². The van der Waals surface area contributed by atoms with Gasteiger partial charge in [0.25, 0.3) is 0 Å². The van der Waals surface area contributed by atoms with E-state index in [9.17, 15) is 29.7 Å². The number of rotatable bonds is 6. The van der Waals surface area contributed by atoms with Crippen LogP contribution in [0.4, 0.5) is 0 Å². The monoisotopic (exact) mass is 799 g/mol. The summed E-state index contributed by atoms with van der Waals surface area (Å²) in [5.41, 5.74) is 1.02. The number of carboxylic acids is 3. The van der Waals surface area contributed by atoms with Crippen molar-refractivity contribution >= 4 is 17.9 Å². The Morgan fingerprint density at radius 2 is 0.564 bits per heavy atom. The molecule has 0 amide bonds. The molecule has 0 aliphatic heterocycles. The first-order chi connectivity index (χ1) is 24.1. The molecule has 55 heavy (non-hydrogen) atoms. The van der Waals surface area contributed by atoms with E-state index in [-0.39, 0.29) is 50.3 Å². The molecule has 0 fully saturated rings. The Kier molecular flexibility index (Phi) is 17.4. The Morgan fingerprint density at radius 3 is 0.691 bits per heavy atom. The first-order valence-corrected chi connectivity index (χ1v) is 18.2. The van der Waals surface area contributed by atoms with Crippen LogP contribution in [0.1, 0.15) is 172 Å². The summed E-state index contributed by atoms with van der Waals surface area (Å²) in [5, 5.41) is 33.6. The normalized spacial score (nSPS) is 12.1. The Balaban J connectivity index is 0.000000788. The molecule has 303 valence electrons.